The summed E-state index contributed by atoms with van der Waals surface area (Å²) >= 11 is 6.01. The summed E-state index contributed by atoms with van der Waals surface area (Å²) in [6, 6.07) is 9.95. The van der Waals surface area contributed by atoms with E-state index in [0.717, 1.165) is 0 Å². The van der Waals surface area contributed by atoms with Crippen molar-refractivity contribution in [1.82, 2.24) is 5.32 Å². The molecule has 5 nitrogen and oxygen atoms in total. The van der Waals surface area contributed by atoms with E-state index in [1.165, 1.54) is 42.6 Å². The molecule has 25 heavy (non-hydrogen) atoms. The Morgan fingerprint density at radius 1 is 1.28 bits per heavy atom. The van der Waals surface area contributed by atoms with Crippen LogP contribution in [0.25, 0.3) is 0 Å². The number of phenols is 1. The second kappa shape index (κ2) is 6.94. The van der Waals surface area contributed by atoms with Crippen molar-refractivity contribution in [2.75, 3.05) is 5.32 Å². The molecular formula is C18H14ClFN2O3. The third kappa shape index (κ3) is 3.80. The number of hydrogen-bond donors (Lipinski definition) is 3. The molecule has 1 heterocycles. The van der Waals surface area contributed by atoms with Gasteiger partial charge in [0, 0.05) is 30.2 Å². The zero-order chi connectivity index (χ0) is 18.0. The highest BCUT2D eigenvalue weighted by molar-refractivity contribution is 6.34. The average Bonchev–Trinajstić information content (AvgIpc) is 2.58. The zero-order valence-electron chi connectivity index (χ0n) is 12.9. The molecule has 0 spiro atoms. The minimum absolute atomic E-state index is 0.0243. The Morgan fingerprint density at radius 2 is 2.08 bits per heavy atom. The third-order valence-corrected chi connectivity index (χ3v) is 4.19. The number of aromatic hydroxyl groups is 1. The minimum atomic E-state index is -0.583. The lowest BCUT2D eigenvalue weighted by atomic mass is 9.86. The summed E-state index contributed by atoms with van der Waals surface area (Å²) in [5.41, 5.74) is 1.03. The van der Waals surface area contributed by atoms with Gasteiger partial charge in [0.05, 0.1) is 10.7 Å². The van der Waals surface area contributed by atoms with Crippen LogP contribution >= 0.6 is 11.6 Å². The van der Waals surface area contributed by atoms with E-state index in [0.29, 0.717) is 5.56 Å². The highest BCUT2D eigenvalue weighted by atomic mass is 35.5. The van der Waals surface area contributed by atoms with Gasteiger partial charge in [-0.25, -0.2) is 4.39 Å². The summed E-state index contributed by atoms with van der Waals surface area (Å²) < 4.78 is 13.5. The van der Waals surface area contributed by atoms with Gasteiger partial charge in [0.15, 0.2) is 0 Å². The molecule has 0 aromatic heterocycles. The van der Waals surface area contributed by atoms with Gasteiger partial charge in [-0.2, -0.15) is 0 Å². The lowest BCUT2D eigenvalue weighted by Crippen LogP contribution is -2.32. The van der Waals surface area contributed by atoms with E-state index < -0.39 is 17.6 Å². The van der Waals surface area contributed by atoms with Gasteiger partial charge in [0.1, 0.15) is 11.6 Å². The van der Waals surface area contributed by atoms with Gasteiger partial charge in [-0.15, -0.1) is 0 Å². The van der Waals surface area contributed by atoms with Crippen LogP contribution in [0, 0.1) is 5.82 Å². The molecule has 1 aliphatic heterocycles. The molecule has 3 N–H and O–H groups in total. The minimum Gasteiger partial charge on any atom is -0.508 e. The number of halogens is 2. The van der Waals surface area contributed by atoms with E-state index in [1.807, 2.05) is 0 Å². The van der Waals surface area contributed by atoms with E-state index in [2.05, 4.69) is 10.6 Å². The number of benzene rings is 2. The van der Waals surface area contributed by atoms with Crippen LogP contribution in [0.4, 0.5) is 10.1 Å². The van der Waals surface area contributed by atoms with E-state index in [-0.39, 0.29) is 34.4 Å². The Kier molecular flexibility index (Phi) is 4.72. The SMILES string of the molecule is O=C1CC(c2cccc(F)c2)C(C(=O)Nc2cc(O)ccc2Cl)=CN1. The van der Waals surface area contributed by atoms with Crippen LogP contribution in [0.15, 0.2) is 54.2 Å². The Bertz CT molecular complexity index is 882. The molecule has 1 aliphatic rings. The first-order chi connectivity index (χ1) is 11.9. The number of hydrogen-bond acceptors (Lipinski definition) is 3. The fraction of sp³-hybridized carbons (Fsp3) is 0.111. The van der Waals surface area contributed by atoms with Crippen molar-refractivity contribution in [3.8, 4) is 5.75 Å². The lowest BCUT2D eigenvalue weighted by molar-refractivity contribution is -0.121. The highest BCUT2D eigenvalue weighted by Crippen LogP contribution is 2.32. The Morgan fingerprint density at radius 3 is 2.84 bits per heavy atom. The topological polar surface area (TPSA) is 78.4 Å². The molecule has 0 saturated carbocycles. The van der Waals surface area contributed by atoms with E-state index >= 15 is 0 Å². The molecule has 128 valence electrons. The molecule has 0 aliphatic carbocycles. The predicted molar refractivity (Wildman–Crippen MR) is 91.7 cm³/mol. The normalized spacial score (nSPS) is 16.8. The standard InChI is InChI=1S/C18H14ClFN2O3/c19-15-5-4-12(23)7-16(15)22-18(25)14-9-21-17(24)8-13(14)10-2-1-3-11(20)6-10/h1-7,9,13,23H,8H2,(H,21,24)(H,22,25). The molecule has 2 amide bonds. The van der Waals surface area contributed by atoms with Crippen molar-refractivity contribution in [3.63, 3.8) is 0 Å². The zero-order valence-corrected chi connectivity index (χ0v) is 13.7. The van der Waals surface area contributed by atoms with Gasteiger partial charge in [-0.05, 0) is 29.8 Å². The van der Waals surface area contributed by atoms with E-state index in [1.54, 1.807) is 6.07 Å². The fourth-order valence-electron chi connectivity index (χ4n) is 2.66. The monoisotopic (exact) mass is 360 g/mol. The summed E-state index contributed by atoms with van der Waals surface area (Å²) in [5.74, 6) is -1.84. The van der Waals surface area contributed by atoms with Gasteiger partial charge < -0.3 is 15.7 Å². The molecule has 0 fully saturated rings. The number of amides is 2. The molecule has 2 aromatic rings. The quantitative estimate of drug-likeness (QED) is 0.785. The number of carbonyl (C=O) groups is 2. The summed E-state index contributed by atoms with van der Waals surface area (Å²) in [7, 11) is 0. The van der Waals surface area contributed by atoms with Crippen molar-refractivity contribution in [1.29, 1.82) is 0 Å². The van der Waals surface area contributed by atoms with Crippen LogP contribution in [0.1, 0.15) is 17.9 Å². The summed E-state index contributed by atoms with van der Waals surface area (Å²) in [6.07, 6.45) is 1.34. The maximum atomic E-state index is 13.5. The summed E-state index contributed by atoms with van der Waals surface area (Å²) in [5, 5.41) is 14.9. The highest BCUT2D eigenvalue weighted by Gasteiger charge is 2.29. The van der Waals surface area contributed by atoms with Crippen LogP contribution in [0.3, 0.4) is 0 Å². The third-order valence-electron chi connectivity index (χ3n) is 3.86. The maximum Gasteiger partial charge on any atom is 0.253 e. The van der Waals surface area contributed by atoms with E-state index in [9.17, 15) is 19.1 Å². The largest absolute Gasteiger partial charge is 0.508 e. The van der Waals surface area contributed by atoms with Crippen LogP contribution in [-0.2, 0) is 9.59 Å². The summed E-state index contributed by atoms with van der Waals surface area (Å²) in [6.45, 7) is 0. The van der Waals surface area contributed by atoms with Crippen LogP contribution in [0.2, 0.25) is 5.02 Å². The molecule has 0 bridgehead atoms. The fourth-order valence-corrected chi connectivity index (χ4v) is 2.83. The van der Waals surface area contributed by atoms with Gasteiger partial charge in [-0.1, -0.05) is 23.7 Å². The first kappa shape index (κ1) is 17.0. The van der Waals surface area contributed by atoms with Gasteiger partial charge in [0.2, 0.25) is 5.91 Å². The van der Waals surface area contributed by atoms with Crippen molar-refractivity contribution in [2.45, 2.75) is 12.3 Å². The maximum absolute atomic E-state index is 13.5. The van der Waals surface area contributed by atoms with Crippen molar-refractivity contribution in [2.24, 2.45) is 0 Å². The van der Waals surface area contributed by atoms with Crippen LogP contribution < -0.4 is 10.6 Å². The molecule has 3 rings (SSSR count). The number of phenolic OH excluding ortho intramolecular Hbond substituents is 1. The summed E-state index contributed by atoms with van der Waals surface area (Å²) in [4.78, 5) is 24.4. The van der Waals surface area contributed by atoms with Crippen molar-refractivity contribution in [3.05, 3.63) is 70.6 Å². The van der Waals surface area contributed by atoms with Gasteiger partial charge in [-0.3, -0.25) is 9.59 Å². The first-order valence-electron chi connectivity index (χ1n) is 7.49. The molecule has 2 aromatic carbocycles. The van der Waals surface area contributed by atoms with Crippen LogP contribution in [-0.4, -0.2) is 16.9 Å². The van der Waals surface area contributed by atoms with Crippen molar-refractivity contribution >= 4 is 29.1 Å². The average molecular weight is 361 g/mol. The number of anilines is 1. The van der Waals surface area contributed by atoms with E-state index in [4.69, 9.17) is 11.6 Å². The number of rotatable bonds is 3. The number of carbonyl (C=O) groups excluding carboxylic acids is 2. The molecular weight excluding hydrogens is 347 g/mol. The molecule has 1 unspecified atom stereocenters. The van der Waals surface area contributed by atoms with Crippen LogP contribution in [0.5, 0.6) is 5.75 Å². The Hall–Kier alpha value is -2.86. The second-order valence-electron chi connectivity index (χ2n) is 5.60. The Balaban J connectivity index is 1.91. The Labute approximate surface area is 148 Å². The smallest absolute Gasteiger partial charge is 0.253 e. The molecule has 1 atom stereocenters. The van der Waals surface area contributed by atoms with Crippen molar-refractivity contribution < 1.29 is 19.1 Å². The predicted octanol–water partition coefficient (Wildman–Crippen LogP) is 3.31. The van der Waals surface area contributed by atoms with Gasteiger partial charge in [0.25, 0.3) is 5.91 Å². The molecule has 7 heteroatoms. The lowest BCUT2D eigenvalue weighted by Gasteiger charge is -2.24. The molecule has 0 radical (unpaired) electrons. The van der Waals surface area contributed by atoms with Gasteiger partial charge >= 0.3 is 0 Å². The first-order valence-corrected chi connectivity index (χ1v) is 7.86. The number of nitrogens with one attached hydrogen (secondary N) is 2. The second-order valence-corrected chi connectivity index (χ2v) is 6.00. The molecule has 0 saturated heterocycles.